The summed E-state index contributed by atoms with van der Waals surface area (Å²) in [5.74, 6) is 0.604. The van der Waals surface area contributed by atoms with Gasteiger partial charge in [0.2, 0.25) is 10.0 Å². The van der Waals surface area contributed by atoms with Crippen molar-refractivity contribution in [3.63, 3.8) is 0 Å². The lowest BCUT2D eigenvalue weighted by Gasteiger charge is -2.33. The smallest absolute Gasteiger partial charge is 0.263 e. The Morgan fingerprint density at radius 2 is 2.09 bits per heavy atom. The third-order valence-corrected chi connectivity index (χ3v) is 4.59. The highest BCUT2D eigenvalue weighted by molar-refractivity contribution is 7.92. The van der Waals surface area contributed by atoms with E-state index in [4.69, 9.17) is 4.74 Å². The Morgan fingerprint density at radius 1 is 1.41 bits per heavy atom. The monoisotopic (exact) mass is 326 g/mol. The minimum Gasteiger partial charge on any atom is -0.476 e. The van der Waals surface area contributed by atoms with Crippen LogP contribution in [0, 0.1) is 5.92 Å². The van der Waals surface area contributed by atoms with Crippen molar-refractivity contribution in [3.05, 3.63) is 24.3 Å². The van der Waals surface area contributed by atoms with Gasteiger partial charge in [-0.15, -0.1) is 0 Å². The molecule has 1 heterocycles. The van der Waals surface area contributed by atoms with Gasteiger partial charge in [-0.05, 0) is 24.5 Å². The van der Waals surface area contributed by atoms with E-state index in [1.165, 1.54) is 4.31 Å². The summed E-state index contributed by atoms with van der Waals surface area (Å²) in [6.45, 7) is 4.69. The van der Waals surface area contributed by atoms with Gasteiger partial charge in [-0.3, -0.25) is 9.10 Å². The average molecular weight is 326 g/mol. The Kier molecular flexibility index (Phi) is 4.95. The van der Waals surface area contributed by atoms with Gasteiger partial charge < -0.3 is 10.1 Å². The Hall–Kier alpha value is -1.76. The van der Waals surface area contributed by atoms with Gasteiger partial charge in [-0.25, -0.2) is 8.42 Å². The molecule has 22 heavy (non-hydrogen) atoms. The third kappa shape index (κ3) is 3.91. The van der Waals surface area contributed by atoms with E-state index in [1.807, 2.05) is 0 Å². The van der Waals surface area contributed by atoms with Crippen molar-refractivity contribution in [2.75, 3.05) is 23.7 Å². The van der Waals surface area contributed by atoms with Crippen LogP contribution in [-0.4, -0.2) is 39.8 Å². The molecule has 1 aliphatic rings. The minimum atomic E-state index is -3.47. The number of sulfonamides is 1. The van der Waals surface area contributed by atoms with Crippen LogP contribution in [0.15, 0.2) is 24.3 Å². The molecule has 0 radical (unpaired) electrons. The van der Waals surface area contributed by atoms with Crippen molar-refractivity contribution < 1.29 is 17.9 Å². The van der Waals surface area contributed by atoms with Gasteiger partial charge in [-0.2, -0.15) is 0 Å². The quantitative estimate of drug-likeness (QED) is 0.887. The number of ether oxygens (including phenoxy) is 1. The van der Waals surface area contributed by atoms with Crippen molar-refractivity contribution in [3.8, 4) is 5.75 Å². The van der Waals surface area contributed by atoms with Crippen LogP contribution < -0.4 is 14.4 Å². The summed E-state index contributed by atoms with van der Waals surface area (Å²) in [6, 6.07) is 6.83. The molecule has 0 aliphatic carbocycles. The first-order valence-electron chi connectivity index (χ1n) is 7.30. The first-order chi connectivity index (χ1) is 10.3. The fraction of sp³-hybridized carbons (Fsp3) is 0.533. The van der Waals surface area contributed by atoms with Crippen molar-refractivity contribution in [1.82, 2.24) is 5.32 Å². The van der Waals surface area contributed by atoms with E-state index in [0.29, 0.717) is 23.9 Å². The first kappa shape index (κ1) is 16.6. The Morgan fingerprint density at radius 3 is 2.73 bits per heavy atom. The standard InChI is InChI=1S/C15H22N2O4S/c1-11(2)8-9-16-15(18)14-10-17(22(3,19)20)12-6-4-5-7-13(12)21-14/h4-7,11,14H,8-10H2,1-3H3,(H,16,18)/t14-/m1/s1. The number of carbonyl (C=O) groups is 1. The van der Waals surface area contributed by atoms with Crippen LogP contribution in [0.5, 0.6) is 5.75 Å². The molecule has 0 bridgehead atoms. The number of nitrogens with zero attached hydrogens (tertiary/aromatic N) is 1. The van der Waals surface area contributed by atoms with E-state index in [9.17, 15) is 13.2 Å². The summed E-state index contributed by atoms with van der Waals surface area (Å²) < 4.78 is 30.8. The molecule has 0 unspecified atom stereocenters. The number of anilines is 1. The highest BCUT2D eigenvalue weighted by Crippen LogP contribution is 2.34. The molecule has 6 nitrogen and oxygen atoms in total. The lowest BCUT2D eigenvalue weighted by molar-refractivity contribution is -0.127. The fourth-order valence-corrected chi connectivity index (χ4v) is 3.17. The maximum Gasteiger partial charge on any atom is 0.263 e. The van der Waals surface area contributed by atoms with Gasteiger partial charge in [0.25, 0.3) is 5.91 Å². The number of amides is 1. The minimum absolute atomic E-state index is 0.0106. The van der Waals surface area contributed by atoms with E-state index in [0.717, 1.165) is 12.7 Å². The Bertz CT molecular complexity index is 643. The largest absolute Gasteiger partial charge is 0.476 e. The molecule has 1 aromatic rings. The van der Waals surface area contributed by atoms with E-state index >= 15 is 0 Å². The molecule has 122 valence electrons. The number of hydrogen-bond donors (Lipinski definition) is 1. The number of carbonyl (C=O) groups excluding carboxylic acids is 1. The molecule has 0 fully saturated rings. The van der Waals surface area contributed by atoms with Crippen molar-refractivity contribution in [2.45, 2.75) is 26.4 Å². The normalized spacial score (nSPS) is 17.8. The second-order valence-corrected chi connectivity index (χ2v) is 7.75. The second kappa shape index (κ2) is 6.56. The lowest BCUT2D eigenvalue weighted by atomic mass is 10.1. The summed E-state index contributed by atoms with van der Waals surface area (Å²) in [5, 5.41) is 2.80. The Balaban J connectivity index is 2.15. The third-order valence-electron chi connectivity index (χ3n) is 3.45. The molecule has 1 N–H and O–H groups in total. The number of nitrogens with one attached hydrogen (secondary N) is 1. The van der Waals surface area contributed by atoms with Gasteiger partial charge in [0.15, 0.2) is 6.10 Å². The molecule has 1 amide bonds. The molecule has 2 rings (SSSR count). The molecular formula is C15H22N2O4S. The van der Waals surface area contributed by atoms with E-state index in [1.54, 1.807) is 24.3 Å². The van der Waals surface area contributed by atoms with Crippen molar-refractivity contribution >= 4 is 21.6 Å². The number of fused-ring (bicyclic) bond motifs is 1. The molecule has 7 heteroatoms. The topological polar surface area (TPSA) is 75.7 Å². The lowest BCUT2D eigenvalue weighted by Crippen LogP contribution is -2.50. The predicted molar refractivity (Wildman–Crippen MR) is 85.5 cm³/mol. The Labute approximate surface area is 131 Å². The van der Waals surface area contributed by atoms with Gasteiger partial charge in [0, 0.05) is 6.54 Å². The molecule has 0 saturated heterocycles. The van der Waals surface area contributed by atoms with Gasteiger partial charge in [0.05, 0.1) is 18.5 Å². The zero-order chi connectivity index (χ0) is 16.3. The second-order valence-electron chi connectivity index (χ2n) is 5.84. The van der Waals surface area contributed by atoms with E-state index in [2.05, 4.69) is 19.2 Å². The molecule has 0 saturated carbocycles. The molecule has 0 spiro atoms. The van der Waals surface area contributed by atoms with Crippen molar-refractivity contribution in [1.29, 1.82) is 0 Å². The summed E-state index contributed by atoms with van der Waals surface area (Å²) in [7, 11) is -3.47. The number of para-hydroxylation sites is 2. The first-order valence-corrected chi connectivity index (χ1v) is 9.15. The highest BCUT2D eigenvalue weighted by atomic mass is 32.2. The maximum atomic E-state index is 12.2. The average Bonchev–Trinajstić information content (AvgIpc) is 2.44. The van der Waals surface area contributed by atoms with Gasteiger partial charge in [0.1, 0.15) is 5.75 Å². The van der Waals surface area contributed by atoms with Crippen LogP contribution in [0.2, 0.25) is 0 Å². The van der Waals surface area contributed by atoms with Crippen LogP contribution in [0.1, 0.15) is 20.3 Å². The molecule has 1 aliphatic heterocycles. The van der Waals surface area contributed by atoms with Crippen LogP contribution in [0.4, 0.5) is 5.69 Å². The summed E-state index contributed by atoms with van der Waals surface area (Å²) in [6.07, 6.45) is 1.16. The summed E-state index contributed by atoms with van der Waals surface area (Å²) in [5.41, 5.74) is 0.469. The molecular weight excluding hydrogens is 304 g/mol. The number of rotatable bonds is 5. The summed E-state index contributed by atoms with van der Waals surface area (Å²) in [4.78, 5) is 12.2. The predicted octanol–water partition coefficient (Wildman–Crippen LogP) is 1.38. The maximum absolute atomic E-state index is 12.2. The zero-order valence-corrected chi connectivity index (χ0v) is 13.9. The van der Waals surface area contributed by atoms with Crippen LogP contribution in [0.3, 0.4) is 0 Å². The fourth-order valence-electron chi connectivity index (χ4n) is 2.25. The van der Waals surface area contributed by atoms with E-state index in [-0.39, 0.29) is 12.5 Å². The summed E-state index contributed by atoms with van der Waals surface area (Å²) >= 11 is 0. The SMILES string of the molecule is CC(C)CCNC(=O)[C@H]1CN(S(C)(=O)=O)c2ccccc2O1. The van der Waals surface area contributed by atoms with Crippen LogP contribution >= 0.6 is 0 Å². The molecule has 1 aromatic carbocycles. The van der Waals surface area contributed by atoms with Crippen LogP contribution in [-0.2, 0) is 14.8 Å². The number of hydrogen-bond acceptors (Lipinski definition) is 4. The molecule has 1 atom stereocenters. The van der Waals surface area contributed by atoms with Crippen molar-refractivity contribution in [2.24, 2.45) is 5.92 Å². The number of benzene rings is 1. The van der Waals surface area contributed by atoms with Gasteiger partial charge >= 0.3 is 0 Å². The van der Waals surface area contributed by atoms with Gasteiger partial charge in [-0.1, -0.05) is 26.0 Å². The highest BCUT2D eigenvalue weighted by Gasteiger charge is 2.34. The molecule has 0 aromatic heterocycles. The zero-order valence-electron chi connectivity index (χ0n) is 13.1. The van der Waals surface area contributed by atoms with Crippen LogP contribution in [0.25, 0.3) is 0 Å². The van der Waals surface area contributed by atoms with E-state index < -0.39 is 16.1 Å².